The van der Waals surface area contributed by atoms with Gasteiger partial charge in [0.05, 0.1) is 24.7 Å². The molecular weight excluding hydrogens is 258 g/mol. The van der Waals surface area contributed by atoms with E-state index in [-0.39, 0.29) is 11.0 Å². The molecule has 1 fully saturated rings. The number of rotatable bonds is 5. The van der Waals surface area contributed by atoms with Gasteiger partial charge < -0.3 is 9.47 Å². The molecule has 0 aliphatic carbocycles. The number of hydrogen-bond donors (Lipinski definition) is 0. The number of nitrogens with zero attached hydrogens (tertiary/aromatic N) is 1. The number of morpholine rings is 1. The number of carbonyl (C=O) groups is 1. The quantitative estimate of drug-likeness (QED) is 0.642. The first-order valence-corrected chi connectivity index (χ1v) is 7.71. The average molecular weight is 279 g/mol. The van der Waals surface area contributed by atoms with Crippen molar-refractivity contribution in [2.75, 3.05) is 39.1 Å². The minimum atomic E-state index is -3.04. The average Bonchev–Trinajstić information content (AvgIpc) is 2.35. The smallest absolute Gasteiger partial charge is 0.336 e. The largest absolute Gasteiger partial charge is 0.467 e. The minimum absolute atomic E-state index is 0.110. The highest BCUT2D eigenvalue weighted by atomic mass is 32.2. The molecule has 0 spiro atoms. The fraction of sp³-hybridized carbons (Fsp3) is 0.909. The Bertz CT molecular complexity index is 379. The molecule has 0 aromatic rings. The van der Waals surface area contributed by atoms with Crippen LogP contribution in [0.15, 0.2) is 0 Å². The number of carbonyl (C=O) groups excluding carboxylic acids is 1. The van der Waals surface area contributed by atoms with E-state index in [1.807, 2.05) is 4.90 Å². The molecule has 7 heteroatoms. The van der Waals surface area contributed by atoms with Crippen LogP contribution >= 0.6 is 0 Å². The topological polar surface area (TPSA) is 72.9 Å². The van der Waals surface area contributed by atoms with Gasteiger partial charge in [-0.3, -0.25) is 4.90 Å². The molecule has 1 rings (SSSR count). The zero-order valence-corrected chi connectivity index (χ0v) is 11.9. The molecule has 0 bridgehead atoms. The summed E-state index contributed by atoms with van der Waals surface area (Å²) in [6, 6.07) is 0. The van der Waals surface area contributed by atoms with Crippen LogP contribution < -0.4 is 0 Å². The predicted octanol–water partition coefficient (Wildman–Crippen LogP) is -0.317. The maximum absolute atomic E-state index is 11.7. The van der Waals surface area contributed by atoms with Crippen molar-refractivity contribution in [2.24, 2.45) is 0 Å². The van der Waals surface area contributed by atoms with Crippen LogP contribution in [0, 0.1) is 0 Å². The first-order chi connectivity index (χ1) is 8.36. The highest BCUT2D eigenvalue weighted by Crippen LogP contribution is 2.08. The van der Waals surface area contributed by atoms with E-state index in [1.165, 1.54) is 7.11 Å². The summed E-state index contributed by atoms with van der Waals surface area (Å²) < 4.78 is 33.3. The fourth-order valence-electron chi connectivity index (χ4n) is 1.67. The van der Waals surface area contributed by atoms with Crippen molar-refractivity contribution in [3.63, 3.8) is 0 Å². The van der Waals surface area contributed by atoms with E-state index in [1.54, 1.807) is 13.8 Å². The first kappa shape index (κ1) is 15.4. The molecule has 1 aliphatic heterocycles. The summed E-state index contributed by atoms with van der Waals surface area (Å²) in [5, 5.41) is -0.366. The minimum Gasteiger partial charge on any atom is -0.467 e. The van der Waals surface area contributed by atoms with E-state index in [0.717, 1.165) is 0 Å². The van der Waals surface area contributed by atoms with Crippen molar-refractivity contribution < 1.29 is 22.7 Å². The van der Waals surface area contributed by atoms with Crippen molar-refractivity contribution in [3.8, 4) is 0 Å². The molecule has 1 heterocycles. The van der Waals surface area contributed by atoms with Crippen LogP contribution in [-0.4, -0.2) is 69.7 Å². The van der Waals surface area contributed by atoms with E-state index < -0.39 is 21.9 Å². The lowest BCUT2D eigenvalue weighted by Gasteiger charge is -2.31. The summed E-state index contributed by atoms with van der Waals surface area (Å²) in [7, 11) is -1.73. The van der Waals surface area contributed by atoms with Gasteiger partial charge in [0.1, 0.15) is 0 Å². The molecule has 18 heavy (non-hydrogen) atoms. The lowest BCUT2D eigenvalue weighted by molar-refractivity contribution is -0.159. The molecule has 1 atom stereocenters. The van der Waals surface area contributed by atoms with Crippen molar-refractivity contribution in [2.45, 2.75) is 25.2 Å². The summed E-state index contributed by atoms with van der Waals surface area (Å²) in [5.74, 6) is -0.301. The van der Waals surface area contributed by atoms with Crippen molar-refractivity contribution in [1.82, 2.24) is 4.90 Å². The van der Waals surface area contributed by atoms with Gasteiger partial charge in [0.2, 0.25) is 0 Å². The van der Waals surface area contributed by atoms with Crippen LogP contribution in [0.1, 0.15) is 13.8 Å². The van der Waals surface area contributed by atoms with Crippen LogP contribution in [0.4, 0.5) is 0 Å². The number of ether oxygens (including phenoxy) is 2. The Balaban J connectivity index is 2.46. The Morgan fingerprint density at radius 2 is 2.17 bits per heavy atom. The second-order valence-electron chi connectivity index (χ2n) is 4.60. The summed E-state index contributed by atoms with van der Waals surface area (Å²) >= 11 is 0. The van der Waals surface area contributed by atoms with Crippen molar-refractivity contribution >= 4 is 15.8 Å². The number of methoxy groups -OCH3 is 1. The number of hydrogen-bond acceptors (Lipinski definition) is 6. The summed E-state index contributed by atoms with van der Waals surface area (Å²) in [5.41, 5.74) is 0. The zero-order chi connectivity index (χ0) is 13.8. The Hall–Kier alpha value is -0.660. The second-order valence-corrected chi connectivity index (χ2v) is 7.28. The number of sulfone groups is 1. The maximum atomic E-state index is 11.7. The Kier molecular flexibility index (Phi) is 5.55. The molecule has 0 radical (unpaired) electrons. The van der Waals surface area contributed by atoms with Crippen LogP contribution in [0.5, 0.6) is 0 Å². The number of esters is 1. The molecule has 0 aromatic heterocycles. The molecule has 0 aromatic carbocycles. The third kappa shape index (κ3) is 4.22. The van der Waals surface area contributed by atoms with Crippen LogP contribution in [0.3, 0.4) is 0 Å². The Morgan fingerprint density at radius 1 is 1.50 bits per heavy atom. The molecular formula is C11H21NO5S. The maximum Gasteiger partial charge on any atom is 0.336 e. The van der Waals surface area contributed by atoms with Gasteiger partial charge in [-0.15, -0.1) is 0 Å². The molecule has 0 saturated carbocycles. The van der Waals surface area contributed by atoms with E-state index in [9.17, 15) is 13.2 Å². The molecule has 1 aliphatic rings. The third-order valence-corrected chi connectivity index (χ3v) is 5.21. The molecule has 0 N–H and O–H groups in total. The standard InChI is InChI=1S/C11H21NO5S/c1-9(2)18(14,15)7-5-12-4-6-17-10(8-12)11(13)16-3/h9-10H,4-8H2,1-3H3. The Labute approximate surface area is 108 Å². The van der Waals surface area contributed by atoms with Gasteiger partial charge in [-0.2, -0.15) is 0 Å². The zero-order valence-electron chi connectivity index (χ0n) is 11.1. The van der Waals surface area contributed by atoms with E-state index in [0.29, 0.717) is 26.2 Å². The fourth-order valence-corrected chi connectivity index (χ4v) is 2.66. The SMILES string of the molecule is COC(=O)C1CN(CCS(=O)(=O)C(C)C)CCO1. The van der Waals surface area contributed by atoms with Crippen LogP contribution in [0.2, 0.25) is 0 Å². The lowest BCUT2D eigenvalue weighted by atomic mass is 10.3. The van der Waals surface area contributed by atoms with E-state index >= 15 is 0 Å². The highest BCUT2D eigenvalue weighted by molar-refractivity contribution is 7.92. The second kappa shape index (κ2) is 6.49. The van der Waals surface area contributed by atoms with Gasteiger partial charge >= 0.3 is 5.97 Å². The van der Waals surface area contributed by atoms with Gasteiger partial charge in [-0.05, 0) is 13.8 Å². The highest BCUT2D eigenvalue weighted by Gasteiger charge is 2.28. The van der Waals surface area contributed by atoms with Crippen molar-refractivity contribution in [3.05, 3.63) is 0 Å². The predicted molar refractivity (Wildman–Crippen MR) is 67.1 cm³/mol. The van der Waals surface area contributed by atoms with E-state index in [2.05, 4.69) is 4.74 Å². The lowest BCUT2D eigenvalue weighted by Crippen LogP contribution is -2.48. The van der Waals surface area contributed by atoms with Gasteiger partial charge in [0.25, 0.3) is 0 Å². The van der Waals surface area contributed by atoms with Gasteiger partial charge in [-0.25, -0.2) is 13.2 Å². The summed E-state index contributed by atoms with van der Waals surface area (Å²) in [4.78, 5) is 13.3. The van der Waals surface area contributed by atoms with Gasteiger partial charge in [0, 0.05) is 19.6 Å². The van der Waals surface area contributed by atoms with Crippen LogP contribution in [0.25, 0.3) is 0 Å². The molecule has 0 amide bonds. The third-order valence-electron chi connectivity index (χ3n) is 3.02. The monoisotopic (exact) mass is 279 g/mol. The van der Waals surface area contributed by atoms with Crippen molar-refractivity contribution in [1.29, 1.82) is 0 Å². The first-order valence-electron chi connectivity index (χ1n) is 6.00. The van der Waals surface area contributed by atoms with Crippen LogP contribution in [-0.2, 0) is 24.1 Å². The molecule has 1 unspecified atom stereocenters. The Morgan fingerprint density at radius 3 is 2.72 bits per heavy atom. The summed E-state index contributed by atoms with van der Waals surface area (Å²) in [6.45, 7) is 5.22. The summed E-state index contributed by atoms with van der Waals surface area (Å²) in [6.07, 6.45) is -0.606. The normalized spacial score (nSPS) is 22.1. The molecule has 6 nitrogen and oxygen atoms in total. The molecule has 106 valence electrons. The van der Waals surface area contributed by atoms with Gasteiger partial charge in [-0.1, -0.05) is 0 Å². The molecule has 1 saturated heterocycles. The van der Waals surface area contributed by atoms with Gasteiger partial charge in [0.15, 0.2) is 15.9 Å². The van der Waals surface area contributed by atoms with E-state index in [4.69, 9.17) is 4.74 Å².